The summed E-state index contributed by atoms with van der Waals surface area (Å²) in [4.78, 5) is 24.1. The summed E-state index contributed by atoms with van der Waals surface area (Å²) in [6.07, 6.45) is 3.70. The number of rotatable bonds is 5. The van der Waals surface area contributed by atoms with E-state index in [1.807, 2.05) is 0 Å². The van der Waals surface area contributed by atoms with Gasteiger partial charge in [-0.05, 0) is 50.3 Å². The van der Waals surface area contributed by atoms with Crippen molar-refractivity contribution < 1.29 is 18.8 Å². The van der Waals surface area contributed by atoms with Crippen LogP contribution in [0.15, 0.2) is 18.2 Å². The third-order valence-corrected chi connectivity index (χ3v) is 5.26. The third-order valence-electron chi connectivity index (χ3n) is 4.06. The maximum absolute atomic E-state index is 13.3. The summed E-state index contributed by atoms with van der Waals surface area (Å²) in [7, 11) is 0. The summed E-state index contributed by atoms with van der Waals surface area (Å²) in [6, 6.07) is 3.31. The van der Waals surface area contributed by atoms with Gasteiger partial charge in [0.1, 0.15) is 16.5 Å². The van der Waals surface area contributed by atoms with Crippen molar-refractivity contribution in [2.24, 2.45) is 0 Å². The molecule has 0 bridgehead atoms. The second-order valence-corrected chi connectivity index (χ2v) is 6.78. The first kappa shape index (κ1) is 17.3. The molecule has 0 spiro atoms. The number of aryl methyl sites for hydroxylation is 1. The van der Waals surface area contributed by atoms with Gasteiger partial charge in [0.25, 0.3) is 5.69 Å². The maximum atomic E-state index is 13.3. The molecule has 1 aliphatic carbocycles. The van der Waals surface area contributed by atoms with Crippen molar-refractivity contribution in [1.29, 1.82) is 0 Å². The number of halogens is 1. The minimum absolute atomic E-state index is 0.149. The van der Waals surface area contributed by atoms with Crippen molar-refractivity contribution in [2.45, 2.75) is 32.6 Å². The average molecular weight is 364 g/mol. The fourth-order valence-electron chi connectivity index (χ4n) is 2.96. The van der Waals surface area contributed by atoms with Gasteiger partial charge in [-0.3, -0.25) is 10.1 Å². The summed E-state index contributed by atoms with van der Waals surface area (Å²) in [5, 5.41) is 14.7. The molecule has 1 N–H and O–H groups in total. The zero-order valence-electron chi connectivity index (χ0n) is 13.6. The minimum Gasteiger partial charge on any atom is -0.462 e. The monoisotopic (exact) mass is 364 g/mol. The average Bonchev–Trinajstić information content (AvgIpc) is 2.94. The van der Waals surface area contributed by atoms with Crippen LogP contribution < -0.4 is 5.32 Å². The second kappa shape index (κ2) is 7.18. The molecule has 0 saturated carbocycles. The summed E-state index contributed by atoms with van der Waals surface area (Å²) in [6.45, 7) is 1.98. The lowest BCUT2D eigenvalue weighted by molar-refractivity contribution is -0.384. The van der Waals surface area contributed by atoms with Gasteiger partial charge < -0.3 is 10.1 Å². The molecule has 25 heavy (non-hydrogen) atoms. The molecular weight excluding hydrogens is 347 g/mol. The molecule has 1 aromatic heterocycles. The largest absolute Gasteiger partial charge is 0.462 e. The molecule has 0 unspecified atom stereocenters. The van der Waals surface area contributed by atoms with E-state index in [4.69, 9.17) is 4.74 Å². The van der Waals surface area contributed by atoms with Gasteiger partial charge in [-0.15, -0.1) is 11.3 Å². The number of anilines is 2. The van der Waals surface area contributed by atoms with Gasteiger partial charge >= 0.3 is 5.97 Å². The third kappa shape index (κ3) is 3.48. The van der Waals surface area contributed by atoms with Gasteiger partial charge in [0.05, 0.1) is 23.2 Å². The lowest BCUT2D eigenvalue weighted by Crippen LogP contribution is -2.11. The van der Waals surface area contributed by atoms with E-state index in [1.54, 1.807) is 6.92 Å². The first-order valence-electron chi connectivity index (χ1n) is 8.04. The van der Waals surface area contributed by atoms with Crippen molar-refractivity contribution in [3.05, 3.63) is 50.1 Å². The Morgan fingerprint density at radius 1 is 1.40 bits per heavy atom. The Morgan fingerprint density at radius 3 is 2.88 bits per heavy atom. The number of fused-ring (bicyclic) bond motifs is 1. The standard InChI is InChI=1S/C17H17FN2O4S/c1-2-24-17(21)15-11-5-3-4-6-14(11)25-16(15)19-12-8-7-10(18)9-13(12)20(22)23/h7-9,19H,2-6H2,1H3. The van der Waals surface area contributed by atoms with Crippen molar-refractivity contribution in [2.75, 3.05) is 11.9 Å². The number of hydrogen-bond donors (Lipinski definition) is 1. The Hall–Kier alpha value is -2.48. The number of nitrogens with zero attached hydrogens (tertiary/aromatic N) is 1. The number of nitro benzene ring substituents is 1. The number of nitrogens with one attached hydrogen (secondary N) is 1. The SMILES string of the molecule is CCOC(=O)c1c(Nc2ccc(F)cc2[N+](=O)[O-])sc2c1CCCC2. The van der Waals surface area contributed by atoms with Crippen LogP contribution in [0.2, 0.25) is 0 Å². The molecule has 8 heteroatoms. The van der Waals surface area contributed by atoms with E-state index in [0.29, 0.717) is 10.6 Å². The van der Waals surface area contributed by atoms with E-state index in [-0.39, 0.29) is 18.0 Å². The highest BCUT2D eigenvalue weighted by Gasteiger charge is 2.27. The first-order chi connectivity index (χ1) is 12.0. The molecular formula is C17H17FN2O4S. The predicted octanol–water partition coefficient (Wildman–Crippen LogP) is 4.59. The fraction of sp³-hybridized carbons (Fsp3) is 0.353. The molecule has 1 heterocycles. The second-order valence-electron chi connectivity index (χ2n) is 5.68. The lowest BCUT2D eigenvalue weighted by Gasteiger charge is -2.12. The van der Waals surface area contributed by atoms with Crippen molar-refractivity contribution in [1.82, 2.24) is 0 Å². The Morgan fingerprint density at radius 2 is 2.16 bits per heavy atom. The Labute approximate surface area is 147 Å². The number of hydrogen-bond acceptors (Lipinski definition) is 6. The maximum Gasteiger partial charge on any atom is 0.341 e. The zero-order chi connectivity index (χ0) is 18.0. The highest BCUT2D eigenvalue weighted by Crippen LogP contribution is 2.41. The number of ether oxygens (including phenoxy) is 1. The van der Waals surface area contributed by atoms with Crippen molar-refractivity contribution >= 4 is 33.7 Å². The van der Waals surface area contributed by atoms with Gasteiger partial charge in [0.15, 0.2) is 0 Å². The van der Waals surface area contributed by atoms with Crippen molar-refractivity contribution in [3.63, 3.8) is 0 Å². The van der Waals surface area contributed by atoms with Crippen LogP contribution in [-0.4, -0.2) is 17.5 Å². The van der Waals surface area contributed by atoms with Gasteiger partial charge in [-0.2, -0.15) is 0 Å². The molecule has 0 atom stereocenters. The topological polar surface area (TPSA) is 81.5 Å². The summed E-state index contributed by atoms with van der Waals surface area (Å²) in [5.74, 6) is -1.12. The summed E-state index contributed by atoms with van der Waals surface area (Å²) < 4.78 is 18.5. The van der Waals surface area contributed by atoms with E-state index >= 15 is 0 Å². The Kier molecular flexibility index (Phi) is 4.98. The van der Waals surface area contributed by atoms with E-state index in [2.05, 4.69) is 5.32 Å². The summed E-state index contributed by atoms with van der Waals surface area (Å²) in [5.41, 5.74) is 1.18. The van der Waals surface area contributed by atoms with E-state index in [1.165, 1.54) is 17.4 Å². The fourth-order valence-corrected chi connectivity index (χ4v) is 4.25. The van der Waals surface area contributed by atoms with E-state index in [0.717, 1.165) is 48.3 Å². The van der Waals surface area contributed by atoms with Gasteiger partial charge in [0, 0.05) is 4.88 Å². The van der Waals surface area contributed by atoms with Crippen molar-refractivity contribution in [3.8, 4) is 0 Å². The number of nitro groups is 1. The highest BCUT2D eigenvalue weighted by molar-refractivity contribution is 7.16. The molecule has 0 amide bonds. The molecule has 2 aromatic rings. The number of carbonyl (C=O) groups is 1. The van der Waals surface area contributed by atoms with Crippen LogP contribution in [0.5, 0.6) is 0 Å². The first-order valence-corrected chi connectivity index (χ1v) is 8.85. The molecule has 6 nitrogen and oxygen atoms in total. The lowest BCUT2D eigenvalue weighted by atomic mass is 9.95. The molecule has 0 radical (unpaired) electrons. The number of benzene rings is 1. The molecule has 0 fully saturated rings. The Balaban J connectivity index is 2.04. The Bertz CT molecular complexity index is 834. The predicted molar refractivity (Wildman–Crippen MR) is 93.3 cm³/mol. The molecule has 0 aliphatic heterocycles. The van der Waals surface area contributed by atoms with Crippen LogP contribution in [-0.2, 0) is 17.6 Å². The van der Waals surface area contributed by atoms with Gasteiger partial charge in [0.2, 0.25) is 0 Å². The molecule has 3 rings (SSSR count). The van der Waals surface area contributed by atoms with Gasteiger partial charge in [-0.1, -0.05) is 0 Å². The van der Waals surface area contributed by atoms with E-state index in [9.17, 15) is 19.3 Å². The number of esters is 1. The normalized spacial score (nSPS) is 13.2. The van der Waals surface area contributed by atoms with Crippen LogP contribution in [0.1, 0.15) is 40.6 Å². The van der Waals surface area contributed by atoms with Crippen LogP contribution in [0.3, 0.4) is 0 Å². The van der Waals surface area contributed by atoms with Crippen LogP contribution >= 0.6 is 11.3 Å². The number of carbonyl (C=O) groups excluding carboxylic acids is 1. The van der Waals surface area contributed by atoms with Crippen LogP contribution in [0.4, 0.5) is 20.8 Å². The zero-order valence-corrected chi connectivity index (χ0v) is 14.5. The molecule has 0 saturated heterocycles. The molecule has 132 valence electrons. The molecule has 1 aliphatic rings. The number of thiophene rings is 1. The molecule has 1 aromatic carbocycles. The minimum atomic E-state index is -0.687. The summed E-state index contributed by atoms with van der Waals surface area (Å²) >= 11 is 1.41. The van der Waals surface area contributed by atoms with Gasteiger partial charge in [-0.25, -0.2) is 9.18 Å². The smallest absolute Gasteiger partial charge is 0.341 e. The quantitative estimate of drug-likeness (QED) is 0.476. The van der Waals surface area contributed by atoms with E-state index < -0.39 is 16.7 Å². The van der Waals surface area contributed by atoms with Crippen LogP contribution in [0.25, 0.3) is 0 Å². The highest BCUT2D eigenvalue weighted by atomic mass is 32.1. The van der Waals surface area contributed by atoms with Crippen LogP contribution in [0, 0.1) is 15.9 Å².